The fourth-order valence-electron chi connectivity index (χ4n) is 2.49. The van der Waals surface area contributed by atoms with Gasteiger partial charge in [0, 0.05) is 19.1 Å². The third-order valence-corrected chi connectivity index (χ3v) is 4.18. The Bertz CT molecular complexity index is 624. The van der Waals surface area contributed by atoms with Gasteiger partial charge in [0.1, 0.15) is 5.60 Å². The van der Waals surface area contributed by atoms with Crippen molar-refractivity contribution in [1.82, 2.24) is 4.90 Å². The highest BCUT2D eigenvalue weighted by Gasteiger charge is 2.28. The predicted molar refractivity (Wildman–Crippen MR) is 102 cm³/mol. The van der Waals surface area contributed by atoms with E-state index in [1.807, 2.05) is 33.8 Å². The molecule has 146 valence electrons. The van der Waals surface area contributed by atoms with Gasteiger partial charge in [-0.3, -0.25) is 0 Å². The molecule has 1 aromatic carbocycles. The Hall–Kier alpha value is -2.08. The molecule has 0 fully saturated rings. The topological polar surface area (TPSA) is 81.9 Å². The van der Waals surface area contributed by atoms with Crippen molar-refractivity contribution in [2.45, 2.75) is 58.6 Å². The van der Waals surface area contributed by atoms with Gasteiger partial charge in [-0.15, -0.1) is 0 Å². The molecule has 0 saturated carbocycles. The average molecular weight is 364 g/mol. The number of carbonyl (C=O) groups excluding carboxylic acids is 2. The molecule has 0 radical (unpaired) electrons. The van der Waals surface area contributed by atoms with Crippen LogP contribution in [0.15, 0.2) is 24.3 Å². The van der Waals surface area contributed by atoms with Crippen LogP contribution < -0.4 is 5.73 Å². The zero-order valence-electron chi connectivity index (χ0n) is 16.8. The van der Waals surface area contributed by atoms with E-state index in [9.17, 15) is 9.59 Å². The lowest BCUT2D eigenvalue weighted by Crippen LogP contribution is -2.42. The van der Waals surface area contributed by atoms with Gasteiger partial charge in [-0.1, -0.05) is 19.1 Å². The number of nitrogens with zero attached hydrogens (tertiary/aromatic N) is 1. The van der Waals surface area contributed by atoms with Crippen molar-refractivity contribution in [3.05, 3.63) is 35.4 Å². The van der Waals surface area contributed by atoms with E-state index in [0.717, 1.165) is 5.56 Å². The van der Waals surface area contributed by atoms with Crippen LogP contribution >= 0.6 is 0 Å². The van der Waals surface area contributed by atoms with Gasteiger partial charge >= 0.3 is 12.1 Å². The standard InChI is InChI=1S/C20H32N2O4/c1-7-20(21,12-13-22(6)18(24)26-19(3,4)5)16-11-9-10-15(14-16)17(23)25-8-2/h9-11,14H,7-8,12-13,21H2,1-6H3. The number of hydrogen-bond donors (Lipinski definition) is 1. The van der Waals surface area contributed by atoms with Gasteiger partial charge in [-0.05, 0) is 58.2 Å². The molecule has 0 spiro atoms. The summed E-state index contributed by atoms with van der Waals surface area (Å²) in [6, 6.07) is 7.19. The molecule has 0 aliphatic carbocycles. The van der Waals surface area contributed by atoms with Crippen molar-refractivity contribution >= 4 is 12.1 Å². The molecule has 0 bridgehead atoms. The van der Waals surface area contributed by atoms with Crippen molar-refractivity contribution in [2.24, 2.45) is 5.73 Å². The van der Waals surface area contributed by atoms with Crippen LogP contribution in [-0.2, 0) is 15.0 Å². The minimum atomic E-state index is -0.654. The SMILES string of the molecule is CCOC(=O)c1cccc(C(N)(CC)CCN(C)C(=O)OC(C)(C)C)c1. The van der Waals surface area contributed by atoms with Crippen molar-refractivity contribution in [1.29, 1.82) is 0 Å². The zero-order valence-corrected chi connectivity index (χ0v) is 16.8. The largest absolute Gasteiger partial charge is 0.462 e. The van der Waals surface area contributed by atoms with Crippen LogP contribution in [0.1, 0.15) is 63.4 Å². The van der Waals surface area contributed by atoms with Gasteiger partial charge in [0.05, 0.1) is 12.2 Å². The highest BCUT2D eigenvalue weighted by molar-refractivity contribution is 5.89. The van der Waals surface area contributed by atoms with Crippen LogP contribution in [0.4, 0.5) is 4.79 Å². The Balaban J connectivity index is 2.87. The summed E-state index contributed by atoms with van der Waals surface area (Å²) in [6.45, 7) is 10.0. The van der Waals surface area contributed by atoms with Crippen molar-refractivity contribution < 1.29 is 19.1 Å². The van der Waals surface area contributed by atoms with E-state index in [-0.39, 0.29) is 12.1 Å². The molecule has 1 aromatic rings. The number of carbonyl (C=O) groups is 2. The van der Waals surface area contributed by atoms with E-state index in [1.165, 1.54) is 4.90 Å². The third-order valence-electron chi connectivity index (χ3n) is 4.18. The number of nitrogens with two attached hydrogens (primary N) is 1. The molecule has 1 unspecified atom stereocenters. The molecular formula is C20H32N2O4. The Morgan fingerprint density at radius 2 is 1.85 bits per heavy atom. The third kappa shape index (κ3) is 6.33. The highest BCUT2D eigenvalue weighted by Crippen LogP contribution is 2.27. The second-order valence-electron chi connectivity index (χ2n) is 7.46. The normalized spacial score (nSPS) is 13.7. The summed E-state index contributed by atoms with van der Waals surface area (Å²) >= 11 is 0. The minimum absolute atomic E-state index is 0.325. The molecule has 2 N–H and O–H groups in total. The number of ether oxygens (including phenoxy) is 2. The predicted octanol–water partition coefficient (Wildman–Crippen LogP) is 3.68. The maximum absolute atomic E-state index is 12.1. The molecule has 0 saturated heterocycles. The van der Waals surface area contributed by atoms with Crippen LogP contribution in [-0.4, -0.2) is 42.8 Å². The molecule has 0 heterocycles. The Morgan fingerprint density at radius 1 is 1.19 bits per heavy atom. The first-order valence-electron chi connectivity index (χ1n) is 9.03. The molecule has 6 nitrogen and oxygen atoms in total. The number of esters is 1. The van der Waals surface area contributed by atoms with Crippen molar-refractivity contribution in [3.8, 4) is 0 Å². The van der Waals surface area contributed by atoms with Crippen LogP contribution in [0.2, 0.25) is 0 Å². The molecule has 1 atom stereocenters. The lowest BCUT2D eigenvalue weighted by atomic mass is 9.84. The summed E-state index contributed by atoms with van der Waals surface area (Å²) in [6.07, 6.45) is 0.837. The van der Waals surface area contributed by atoms with Crippen molar-refractivity contribution in [3.63, 3.8) is 0 Å². The van der Waals surface area contributed by atoms with Crippen molar-refractivity contribution in [2.75, 3.05) is 20.2 Å². The van der Waals surface area contributed by atoms with Crippen LogP contribution in [0.5, 0.6) is 0 Å². The van der Waals surface area contributed by atoms with E-state index >= 15 is 0 Å². The van der Waals surface area contributed by atoms with E-state index in [4.69, 9.17) is 15.2 Å². The van der Waals surface area contributed by atoms with Gasteiger partial charge in [-0.2, -0.15) is 0 Å². The fraction of sp³-hybridized carbons (Fsp3) is 0.600. The molecule has 0 aromatic heterocycles. The Kier molecular flexibility index (Phi) is 7.63. The number of amides is 1. The maximum atomic E-state index is 12.1. The average Bonchev–Trinajstić information content (AvgIpc) is 2.58. The summed E-state index contributed by atoms with van der Waals surface area (Å²) in [7, 11) is 1.69. The first-order valence-corrected chi connectivity index (χ1v) is 9.03. The fourth-order valence-corrected chi connectivity index (χ4v) is 2.49. The summed E-state index contributed by atoms with van der Waals surface area (Å²) in [5.41, 5.74) is 6.74. The lowest BCUT2D eigenvalue weighted by Gasteiger charge is -2.32. The maximum Gasteiger partial charge on any atom is 0.410 e. The molecule has 1 amide bonds. The van der Waals surface area contributed by atoms with Crippen LogP contribution in [0.3, 0.4) is 0 Å². The van der Waals surface area contributed by atoms with Gasteiger partial charge in [-0.25, -0.2) is 9.59 Å². The first-order chi connectivity index (χ1) is 12.0. The molecule has 0 aliphatic heterocycles. The van der Waals surface area contributed by atoms with E-state index in [1.54, 1.807) is 32.2 Å². The summed E-state index contributed by atoms with van der Waals surface area (Å²) in [4.78, 5) is 25.6. The van der Waals surface area contributed by atoms with E-state index < -0.39 is 11.1 Å². The second-order valence-corrected chi connectivity index (χ2v) is 7.46. The molecule has 26 heavy (non-hydrogen) atoms. The van der Waals surface area contributed by atoms with Gasteiger partial charge < -0.3 is 20.1 Å². The van der Waals surface area contributed by atoms with Crippen LogP contribution in [0.25, 0.3) is 0 Å². The van der Waals surface area contributed by atoms with Gasteiger partial charge in [0.15, 0.2) is 0 Å². The quantitative estimate of drug-likeness (QED) is 0.746. The highest BCUT2D eigenvalue weighted by atomic mass is 16.6. The van der Waals surface area contributed by atoms with Gasteiger partial charge in [0.2, 0.25) is 0 Å². The number of rotatable bonds is 7. The minimum Gasteiger partial charge on any atom is -0.462 e. The first kappa shape index (κ1) is 22.0. The molecule has 0 aliphatic rings. The zero-order chi connectivity index (χ0) is 20.0. The summed E-state index contributed by atoms with van der Waals surface area (Å²) < 4.78 is 10.4. The Morgan fingerprint density at radius 3 is 2.38 bits per heavy atom. The van der Waals surface area contributed by atoms with E-state index in [2.05, 4.69) is 0 Å². The second kappa shape index (κ2) is 9.03. The number of benzene rings is 1. The summed E-state index contributed by atoms with van der Waals surface area (Å²) in [5.74, 6) is -0.362. The molecular weight excluding hydrogens is 332 g/mol. The Labute approximate surface area is 156 Å². The van der Waals surface area contributed by atoms with Gasteiger partial charge in [0.25, 0.3) is 0 Å². The molecule has 6 heteroatoms. The molecule has 1 rings (SSSR count). The summed E-state index contributed by atoms with van der Waals surface area (Å²) in [5, 5.41) is 0. The van der Waals surface area contributed by atoms with E-state index in [0.29, 0.717) is 31.6 Å². The van der Waals surface area contributed by atoms with Crippen LogP contribution in [0, 0.1) is 0 Å². The lowest BCUT2D eigenvalue weighted by molar-refractivity contribution is 0.0286. The monoisotopic (exact) mass is 364 g/mol. The number of hydrogen-bond acceptors (Lipinski definition) is 5. The smallest absolute Gasteiger partial charge is 0.410 e.